The second-order valence-electron chi connectivity index (χ2n) is 10.6. The molecule has 0 saturated carbocycles. The van der Waals surface area contributed by atoms with Crippen molar-refractivity contribution >= 4 is 56.4 Å². The molecule has 0 bridgehead atoms. The maximum Gasteiger partial charge on any atom is 0.341 e. The van der Waals surface area contributed by atoms with E-state index in [9.17, 15) is 19.2 Å². The fourth-order valence-corrected chi connectivity index (χ4v) is 8.04. The number of thiophene rings is 2. The predicted molar refractivity (Wildman–Crippen MR) is 165 cm³/mol. The molecule has 42 heavy (non-hydrogen) atoms. The summed E-state index contributed by atoms with van der Waals surface area (Å²) in [5, 5.41) is 6.75. The highest BCUT2D eigenvalue weighted by molar-refractivity contribution is 7.17. The normalized spacial score (nSPS) is 14.0. The third-order valence-electron chi connectivity index (χ3n) is 7.50. The second kappa shape index (κ2) is 13.6. The first-order chi connectivity index (χ1) is 20.4. The van der Waals surface area contributed by atoms with Crippen molar-refractivity contribution in [3.63, 3.8) is 0 Å². The van der Waals surface area contributed by atoms with Crippen molar-refractivity contribution in [3.05, 3.63) is 67.4 Å². The van der Waals surface area contributed by atoms with Gasteiger partial charge in [-0.2, -0.15) is 0 Å². The second-order valence-corrected chi connectivity index (χ2v) is 12.8. The zero-order valence-electron chi connectivity index (χ0n) is 24.1. The number of esters is 2. The average Bonchev–Trinajstić information content (AvgIpc) is 3.56. The molecule has 0 unspecified atom stereocenters. The van der Waals surface area contributed by atoms with Crippen LogP contribution < -0.4 is 10.6 Å². The van der Waals surface area contributed by atoms with Gasteiger partial charge in [-0.15, -0.1) is 22.7 Å². The highest BCUT2D eigenvalue weighted by Gasteiger charge is 2.30. The van der Waals surface area contributed by atoms with Crippen LogP contribution in [0.15, 0.2) is 24.3 Å². The van der Waals surface area contributed by atoms with E-state index in [0.29, 0.717) is 47.2 Å². The van der Waals surface area contributed by atoms with Crippen LogP contribution in [-0.4, -0.2) is 37.0 Å². The molecule has 222 valence electrons. The van der Waals surface area contributed by atoms with Crippen molar-refractivity contribution in [1.29, 1.82) is 0 Å². The monoisotopic (exact) mass is 608 g/mol. The molecule has 5 rings (SSSR count). The molecule has 0 saturated heterocycles. The average molecular weight is 609 g/mol. The summed E-state index contributed by atoms with van der Waals surface area (Å²) in [5.41, 5.74) is 3.11. The van der Waals surface area contributed by atoms with Gasteiger partial charge in [0.05, 0.1) is 35.5 Å². The Labute approximate surface area is 253 Å². The van der Waals surface area contributed by atoms with Crippen molar-refractivity contribution in [1.82, 2.24) is 0 Å². The van der Waals surface area contributed by atoms with Gasteiger partial charge in [0.2, 0.25) is 0 Å². The van der Waals surface area contributed by atoms with Crippen LogP contribution in [0.5, 0.6) is 0 Å². The number of carbonyl (C=O) groups excluding carboxylic acids is 4. The van der Waals surface area contributed by atoms with E-state index in [4.69, 9.17) is 9.47 Å². The van der Waals surface area contributed by atoms with E-state index in [-0.39, 0.29) is 11.1 Å². The standard InChI is InChI=1S/C32H36N2O6S2/c1-3-17-39-31(37)25-21-13-7-9-15-23(21)41-29(25)33-27(35)19-11-5-6-12-20(19)28(36)34-30-26(32(38)40-18-4-2)22-14-8-10-16-24(22)42-30/h5-6,11-12H,3-4,7-10,13-18H2,1-2H3,(H,33,35)(H,34,36). The minimum Gasteiger partial charge on any atom is -0.462 e. The lowest BCUT2D eigenvalue weighted by molar-refractivity contribution is 0.0496. The topological polar surface area (TPSA) is 111 Å². The molecule has 2 aliphatic carbocycles. The van der Waals surface area contributed by atoms with Gasteiger partial charge in [0.25, 0.3) is 11.8 Å². The summed E-state index contributed by atoms with van der Waals surface area (Å²) in [4.78, 5) is 55.5. The van der Waals surface area contributed by atoms with Crippen molar-refractivity contribution in [2.45, 2.75) is 78.1 Å². The van der Waals surface area contributed by atoms with Gasteiger partial charge in [-0.25, -0.2) is 9.59 Å². The highest BCUT2D eigenvalue weighted by atomic mass is 32.1. The maximum atomic E-state index is 13.6. The van der Waals surface area contributed by atoms with Gasteiger partial charge in [-0.1, -0.05) is 26.0 Å². The first-order valence-corrected chi connectivity index (χ1v) is 16.4. The van der Waals surface area contributed by atoms with Crippen LogP contribution in [0.25, 0.3) is 0 Å². The molecule has 2 aromatic heterocycles. The van der Waals surface area contributed by atoms with Crippen LogP contribution in [0.4, 0.5) is 10.0 Å². The molecule has 0 atom stereocenters. The Bertz CT molecular complexity index is 1390. The van der Waals surface area contributed by atoms with E-state index in [1.54, 1.807) is 24.3 Å². The number of ether oxygens (including phenoxy) is 2. The van der Waals surface area contributed by atoms with Gasteiger partial charge in [-0.05, 0) is 87.5 Å². The van der Waals surface area contributed by atoms with Crippen LogP contribution in [0.3, 0.4) is 0 Å². The molecule has 0 aliphatic heterocycles. The van der Waals surface area contributed by atoms with Crippen molar-refractivity contribution in [2.24, 2.45) is 0 Å². The lowest BCUT2D eigenvalue weighted by Gasteiger charge is -2.13. The molecular weight excluding hydrogens is 572 g/mol. The Kier molecular flexibility index (Phi) is 9.74. The molecule has 0 radical (unpaired) electrons. The molecule has 1 aromatic carbocycles. The number of nitrogens with one attached hydrogen (secondary N) is 2. The Morgan fingerprint density at radius 1 is 0.667 bits per heavy atom. The SMILES string of the molecule is CCCOC(=O)c1c(NC(=O)c2ccccc2C(=O)Nc2sc3c(c2C(=O)OCCC)CCCC3)sc2c1CCCC2. The largest absolute Gasteiger partial charge is 0.462 e. The Morgan fingerprint density at radius 2 is 1.07 bits per heavy atom. The van der Waals surface area contributed by atoms with Crippen LogP contribution in [0.1, 0.15) is 115 Å². The molecule has 2 N–H and O–H groups in total. The number of aryl methyl sites for hydroxylation is 2. The van der Waals surface area contributed by atoms with Crippen molar-refractivity contribution in [3.8, 4) is 0 Å². The van der Waals surface area contributed by atoms with Gasteiger partial charge >= 0.3 is 11.9 Å². The van der Waals surface area contributed by atoms with Gasteiger partial charge in [-0.3, -0.25) is 9.59 Å². The van der Waals surface area contributed by atoms with Gasteiger partial charge in [0, 0.05) is 9.75 Å². The molecule has 0 spiro atoms. The number of hydrogen-bond donors (Lipinski definition) is 2. The first kappa shape index (κ1) is 30.0. The van der Waals surface area contributed by atoms with E-state index in [0.717, 1.165) is 72.2 Å². The summed E-state index contributed by atoms with van der Waals surface area (Å²) >= 11 is 2.81. The third kappa shape index (κ3) is 6.29. The summed E-state index contributed by atoms with van der Waals surface area (Å²) in [6.07, 6.45) is 8.69. The van der Waals surface area contributed by atoms with E-state index < -0.39 is 23.8 Å². The number of benzene rings is 1. The zero-order chi connectivity index (χ0) is 29.6. The highest BCUT2D eigenvalue weighted by Crippen LogP contribution is 2.40. The zero-order valence-corrected chi connectivity index (χ0v) is 25.7. The minimum absolute atomic E-state index is 0.172. The maximum absolute atomic E-state index is 13.6. The van der Waals surface area contributed by atoms with Gasteiger partial charge in [0.15, 0.2) is 0 Å². The fraction of sp³-hybridized carbons (Fsp3) is 0.438. The molecule has 2 heterocycles. The Balaban J connectivity index is 1.42. The Morgan fingerprint density at radius 3 is 1.48 bits per heavy atom. The minimum atomic E-state index is -0.489. The molecule has 3 aromatic rings. The number of rotatable bonds is 10. The van der Waals surface area contributed by atoms with Gasteiger partial charge in [0.1, 0.15) is 10.0 Å². The summed E-state index contributed by atoms with van der Waals surface area (Å²) in [5.74, 6) is -1.84. The smallest absolute Gasteiger partial charge is 0.341 e. The number of carbonyl (C=O) groups is 4. The number of amides is 2. The number of fused-ring (bicyclic) bond motifs is 2. The van der Waals surface area contributed by atoms with E-state index >= 15 is 0 Å². The molecular formula is C32H36N2O6S2. The van der Waals surface area contributed by atoms with Crippen LogP contribution in [0, 0.1) is 0 Å². The lowest BCUT2D eigenvalue weighted by Crippen LogP contribution is -2.21. The number of hydrogen-bond acceptors (Lipinski definition) is 8. The molecule has 10 heteroatoms. The number of anilines is 2. The van der Waals surface area contributed by atoms with Gasteiger partial charge < -0.3 is 20.1 Å². The molecule has 8 nitrogen and oxygen atoms in total. The quantitative estimate of drug-likeness (QED) is 0.236. The molecule has 2 amide bonds. The van der Waals surface area contributed by atoms with E-state index in [2.05, 4.69) is 10.6 Å². The first-order valence-electron chi connectivity index (χ1n) is 14.8. The predicted octanol–water partition coefficient (Wildman–Crippen LogP) is 7.21. The third-order valence-corrected chi connectivity index (χ3v) is 9.91. The van der Waals surface area contributed by atoms with E-state index in [1.165, 1.54) is 22.7 Å². The summed E-state index contributed by atoms with van der Waals surface area (Å²) in [6.45, 7) is 4.48. The van der Waals surface area contributed by atoms with Crippen LogP contribution in [0.2, 0.25) is 0 Å². The van der Waals surface area contributed by atoms with E-state index in [1.807, 2.05) is 13.8 Å². The Hall–Kier alpha value is -3.50. The summed E-state index contributed by atoms with van der Waals surface area (Å²) in [7, 11) is 0. The molecule has 0 fully saturated rings. The van der Waals surface area contributed by atoms with Crippen molar-refractivity contribution in [2.75, 3.05) is 23.8 Å². The summed E-state index contributed by atoms with van der Waals surface area (Å²) in [6, 6.07) is 6.56. The lowest BCUT2D eigenvalue weighted by atomic mass is 9.95. The fourth-order valence-electron chi connectivity index (χ4n) is 5.49. The van der Waals surface area contributed by atoms with Crippen molar-refractivity contribution < 1.29 is 28.7 Å². The summed E-state index contributed by atoms with van der Waals surface area (Å²) < 4.78 is 10.9. The molecule has 2 aliphatic rings. The van der Waals surface area contributed by atoms with Crippen LogP contribution >= 0.6 is 22.7 Å². The van der Waals surface area contributed by atoms with Crippen LogP contribution in [-0.2, 0) is 35.2 Å².